The number of nitrogens with zero attached hydrogens (tertiary/aromatic N) is 5. The summed E-state index contributed by atoms with van der Waals surface area (Å²) in [4.78, 5) is 0. The number of fused-ring (bicyclic) bond motifs is 1. The van der Waals surface area contributed by atoms with E-state index in [9.17, 15) is 10.5 Å². The van der Waals surface area contributed by atoms with Crippen molar-refractivity contribution in [1.29, 1.82) is 10.5 Å². The predicted octanol–water partition coefficient (Wildman–Crippen LogP) is 3.16. The van der Waals surface area contributed by atoms with E-state index in [0.717, 1.165) is 47.3 Å². The molecule has 1 fully saturated rings. The maximum absolute atomic E-state index is 10.2. The number of benzene rings is 1. The number of H-pyrrole nitrogens is 1. The van der Waals surface area contributed by atoms with Gasteiger partial charge >= 0.3 is 0 Å². The third-order valence-electron chi connectivity index (χ3n) is 6.62. The first kappa shape index (κ1) is 19.0. The lowest BCUT2D eigenvalue weighted by atomic mass is 9.55. The van der Waals surface area contributed by atoms with Crippen LogP contribution in [0, 0.1) is 35.5 Å². The van der Waals surface area contributed by atoms with Gasteiger partial charge in [0.05, 0.1) is 28.3 Å². The standard InChI is InChI=1S/C23H21N7O/c1-13-20-22(29-28-13)31-21(26)18(12-25)23(20,16-4-3-5-16)17-9-14(11-24)8-15(10-17)19-6-7-27-30(19)2/h6-10,16H,3-5,26H2,1-2H3,(H,28,29). The molecule has 3 N–H and O–H groups in total. The predicted molar refractivity (Wildman–Crippen MR) is 112 cm³/mol. The second-order valence-electron chi connectivity index (χ2n) is 8.17. The van der Waals surface area contributed by atoms with Gasteiger partial charge in [-0.15, -0.1) is 5.10 Å². The molecule has 0 saturated heterocycles. The van der Waals surface area contributed by atoms with Crippen LogP contribution in [0.1, 0.15) is 41.6 Å². The molecule has 1 unspecified atom stereocenters. The molecule has 1 aromatic carbocycles. The Balaban J connectivity index is 1.88. The van der Waals surface area contributed by atoms with Crippen LogP contribution in [0.5, 0.6) is 5.88 Å². The first-order valence-corrected chi connectivity index (χ1v) is 10.2. The number of nitriles is 2. The second kappa shape index (κ2) is 6.75. The minimum atomic E-state index is -0.831. The maximum atomic E-state index is 10.2. The Kier molecular flexibility index (Phi) is 4.13. The summed E-state index contributed by atoms with van der Waals surface area (Å²) in [6.07, 6.45) is 4.69. The Morgan fingerprint density at radius 3 is 2.68 bits per heavy atom. The average molecular weight is 411 g/mol. The molecule has 1 saturated carbocycles. The first-order valence-electron chi connectivity index (χ1n) is 10.2. The van der Waals surface area contributed by atoms with Crippen LogP contribution in [0.4, 0.5) is 0 Å². The summed E-state index contributed by atoms with van der Waals surface area (Å²) in [6.45, 7) is 1.93. The van der Waals surface area contributed by atoms with Gasteiger partial charge in [0, 0.05) is 24.5 Å². The Labute approximate surface area is 179 Å². The summed E-state index contributed by atoms with van der Waals surface area (Å²) < 4.78 is 7.51. The lowest BCUT2D eigenvalue weighted by Gasteiger charge is -2.47. The highest BCUT2D eigenvalue weighted by atomic mass is 16.5. The molecule has 3 heterocycles. The molecule has 154 valence electrons. The summed E-state index contributed by atoms with van der Waals surface area (Å²) in [6, 6.07) is 12.3. The molecule has 0 bridgehead atoms. The van der Waals surface area contributed by atoms with Gasteiger partial charge < -0.3 is 10.5 Å². The zero-order valence-corrected chi connectivity index (χ0v) is 17.3. The molecular weight excluding hydrogens is 390 g/mol. The van der Waals surface area contributed by atoms with Crippen molar-refractivity contribution in [3.63, 3.8) is 0 Å². The smallest absolute Gasteiger partial charge is 0.244 e. The van der Waals surface area contributed by atoms with Crippen molar-refractivity contribution < 1.29 is 4.74 Å². The fourth-order valence-electron chi connectivity index (χ4n) is 5.06. The Bertz CT molecular complexity index is 1310. The maximum Gasteiger partial charge on any atom is 0.244 e. The van der Waals surface area contributed by atoms with E-state index in [4.69, 9.17) is 10.5 Å². The van der Waals surface area contributed by atoms with E-state index in [1.165, 1.54) is 0 Å². The van der Waals surface area contributed by atoms with Gasteiger partial charge in [-0.3, -0.25) is 9.78 Å². The number of aromatic nitrogens is 4. The molecule has 8 heteroatoms. The molecule has 2 aliphatic rings. The molecule has 8 nitrogen and oxygen atoms in total. The number of allylic oxidation sites excluding steroid dienone is 1. The molecule has 0 spiro atoms. The van der Waals surface area contributed by atoms with E-state index in [2.05, 4.69) is 27.4 Å². The Morgan fingerprint density at radius 1 is 1.26 bits per heavy atom. The summed E-state index contributed by atoms with van der Waals surface area (Å²) >= 11 is 0. The number of nitrogens with one attached hydrogen (secondary N) is 1. The fraction of sp³-hybridized carbons (Fsp3) is 0.304. The van der Waals surface area contributed by atoms with Crippen molar-refractivity contribution in [3.8, 4) is 29.3 Å². The van der Waals surface area contributed by atoms with E-state index >= 15 is 0 Å². The topological polar surface area (TPSA) is 129 Å². The van der Waals surface area contributed by atoms with Crippen LogP contribution in [0.15, 0.2) is 41.9 Å². The molecule has 0 radical (unpaired) electrons. The van der Waals surface area contributed by atoms with E-state index in [-0.39, 0.29) is 11.8 Å². The van der Waals surface area contributed by atoms with Crippen LogP contribution >= 0.6 is 0 Å². The zero-order chi connectivity index (χ0) is 21.8. The van der Waals surface area contributed by atoms with Gasteiger partial charge in [-0.05, 0) is 55.5 Å². The van der Waals surface area contributed by atoms with Crippen LogP contribution in [-0.4, -0.2) is 20.0 Å². The fourth-order valence-corrected chi connectivity index (χ4v) is 5.06. The lowest BCUT2D eigenvalue weighted by Crippen LogP contribution is -2.46. The highest BCUT2D eigenvalue weighted by molar-refractivity contribution is 5.69. The number of aromatic amines is 1. The van der Waals surface area contributed by atoms with Gasteiger partial charge in [-0.1, -0.05) is 6.42 Å². The van der Waals surface area contributed by atoms with Crippen molar-refractivity contribution in [1.82, 2.24) is 20.0 Å². The molecule has 31 heavy (non-hydrogen) atoms. The van der Waals surface area contributed by atoms with Crippen LogP contribution < -0.4 is 10.5 Å². The number of rotatable bonds is 3. The number of hydrogen-bond donors (Lipinski definition) is 2. The number of aryl methyl sites for hydroxylation is 2. The largest absolute Gasteiger partial charge is 0.420 e. The SMILES string of the molecule is Cc1[nH]nc2c1C(c1cc(C#N)cc(-c3ccnn3C)c1)(C1CCC1)C(C#N)=C(N)O2. The van der Waals surface area contributed by atoms with Crippen molar-refractivity contribution in [2.24, 2.45) is 18.7 Å². The molecule has 3 aromatic rings. The molecule has 1 aliphatic carbocycles. The summed E-state index contributed by atoms with van der Waals surface area (Å²) in [5.41, 5.74) is 10.6. The van der Waals surface area contributed by atoms with Crippen LogP contribution in [0.25, 0.3) is 11.3 Å². The van der Waals surface area contributed by atoms with Crippen molar-refractivity contribution in [2.75, 3.05) is 0 Å². The normalized spacial score (nSPS) is 20.4. The van der Waals surface area contributed by atoms with Gasteiger partial charge in [0.15, 0.2) is 0 Å². The number of hydrogen-bond acceptors (Lipinski definition) is 6. The number of nitrogens with two attached hydrogens (primary N) is 1. The third-order valence-corrected chi connectivity index (χ3v) is 6.62. The minimum absolute atomic E-state index is 0.0674. The van der Waals surface area contributed by atoms with E-state index in [1.807, 2.05) is 38.2 Å². The Morgan fingerprint density at radius 2 is 2.06 bits per heavy atom. The lowest BCUT2D eigenvalue weighted by molar-refractivity contribution is 0.207. The molecule has 2 aromatic heterocycles. The summed E-state index contributed by atoms with van der Waals surface area (Å²) in [5.74, 6) is 0.608. The molecule has 1 atom stereocenters. The minimum Gasteiger partial charge on any atom is -0.420 e. The molecular formula is C23H21N7O. The van der Waals surface area contributed by atoms with Crippen molar-refractivity contribution in [2.45, 2.75) is 31.6 Å². The van der Waals surface area contributed by atoms with Crippen molar-refractivity contribution in [3.05, 3.63) is 64.3 Å². The Hall–Kier alpha value is -4.04. The quantitative estimate of drug-likeness (QED) is 0.681. The third kappa shape index (κ3) is 2.52. The van der Waals surface area contributed by atoms with Gasteiger partial charge in [0.25, 0.3) is 0 Å². The van der Waals surface area contributed by atoms with Gasteiger partial charge in [-0.2, -0.15) is 15.6 Å². The van der Waals surface area contributed by atoms with Gasteiger partial charge in [-0.25, -0.2) is 0 Å². The molecule has 0 amide bonds. The van der Waals surface area contributed by atoms with Gasteiger partial charge in [0.1, 0.15) is 11.6 Å². The van der Waals surface area contributed by atoms with Crippen molar-refractivity contribution >= 4 is 0 Å². The summed E-state index contributed by atoms with van der Waals surface area (Å²) in [5, 5.41) is 31.6. The van der Waals surface area contributed by atoms with Crippen LogP contribution in [0.3, 0.4) is 0 Å². The van der Waals surface area contributed by atoms with E-state index in [1.54, 1.807) is 10.9 Å². The molecule has 5 rings (SSSR count). The highest BCUT2D eigenvalue weighted by Gasteiger charge is 2.55. The second-order valence-corrected chi connectivity index (χ2v) is 8.17. The highest BCUT2D eigenvalue weighted by Crippen LogP contribution is 2.58. The zero-order valence-electron chi connectivity index (χ0n) is 17.3. The number of ether oxygens (including phenoxy) is 1. The first-order chi connectivity index (χ1) is 15.0. The van der Waals surface area contributed by atoms with Crippen LogP contribution in [-0.2, 0) is 12.5 Å². The average Bonchev–Trinajstić information content (AvgIpc) is 3.31. The molecule has 1 aliphatic heterocycles. The van der Waals surface area contributed by atoms with E-state index in [0.29, 0.717) is 17.0 Å². The van der Waals surface area contributed by atoms with E-state index < -0.39 is 5.41 Å². The summed E-state index contributed by atoms with van der Waals surface area (Å²) in [7, 11) is 1.86. The monoisotopic (exact) mass is 411 g/mol. The van der Waals surface area contributed by atoms with Crippen LogP contribution in [0.2, 0.25) is 0 Å². The van der Waals surface area contributed by atoms with Gasteiger partial charge in [0.2, 0.25) is 11.8 Å².